The van der Waals surface area contributed by atoms with Gasteiger partial charge in [0.2, 0.25) is 0 Å². The zero-order valence-electron chi connectivity index (χ0n) is 35.6. The normalized spacial score (nSPS) is 12.0. The van der Waals surface area contributed by atoms with E-state index < -0.39 is 0 Å². The molecule has 12 aromatic rings. The summed E-state index contributed by atoms with van der Waals surface area (Å²) in [7, 11) is 0. The van der Waals surface area contributed by atoms with Crippen LogP contribution < -0.4 is 9.80 Å². The van der Waals surface area contributed by atoms with Crippen molar-refractivity contribution in [2.75, 3.05) is 9.80 Å². The standard InChI is InChI=1S/C54H40N10/c1-31(2)37-21-51(63(47-13-5-9-43-39(47)23-55-27-59-43)48-14-6-10-44-40(48)24-56-28-60-44)35-20-18-34-38(32(3)4)22-52(36-19-17-33(37)53(35)54(34)36)64(49-15-7-11-45-41(49)25-57-29-61-45)50-16-8-12-46-42(50)26-58-30-62-46/h5-32H,1-4H3. The summed E-state index contributed by atoms with van der Waals surface area (Å²) in [4.78, 5) is 41.7. The van der Waals surface area contributed by atoms with Crippen LogP contribution in [0.4, 0.5) is 34.1 Å². The molecule has 10 nitrogen and oxygen atoms in total. The molecule has 0 saturated carbocycles. The van der Waals surface area contributed by atoms with E-state index in [1.807, 2.05) is 49.1 Å². The lowest BCUT2D eigenvalue weighted by Gasteiger charge is -2.32. The van der Waals surface area contributed by atoms with Crippen molar-refractivity contribution in [3.63, 3.8) is 0 Å². The highest BCUT2D eigenvalue weighted by Crippen LogP contribution is 2.53. The van der Waals surface area contributed by atoms with Crippen molar-refractivity contribution in [3.8, 4) is 0 Å². The van der Waals surface area contributed by atoms with Gasteiger partial charge >= 0.3 is 0 Å². The average molecular weight is 829 g/mol. The van der Waals surface area contributed by atoms with E-state index in [2.05, 4.69) is 142 Å². The summed E-state index contributed by atoms with van der Waals surface area (Å²) in [6, 6.07) is 39.2. The number of nitrogens with zero attached hydrogens (tertiary/aromatic N) is 10. The lowest BCUT2D eigenvalue weighted by molar-refractivity contribution is 0.875. The zero-order chi connectivity index (χ0) is 43.1. The SMILES string of the molecule is CC(C)c1cc(N(c2cccc3ncncc23)c2cccc3ncncc23)c2ccc3c(C(C)C)cc(N(c4cccc5ncncc45)c4cccc5ncncc45)c4ccc1c2c34. The van der Waals surface area contributed by atoms with Crippen LogP contribution in [0, 0.1) is 0 Å². The molecular weight excluding hydrogens is 789 g/mol. The average Bonchev–Trinajstić information content (AvgIpc) is 3.34. The molecule has 0 aliphatic rings. The van der Waals surface area contributed by atoms with E-state index in [0.717, 1.165) is 88.5 Å². The Morgan fingerprint density at radius 3 is 0.922 bits per heavy atom. The monoisotopic (exact) mass is 828 g/mol. The van der Waals surface area contributed by atoms with Gasteiger partial charge in [-0.1, -0.05) is 76.2 Å². The number of fused-ring (bicyclic) bond motifs is 4. The molecule has 4 heterocycles. The molecule has 0 atom stereocenters. The summed E-state index contributed by atoms with van der Waals surface area (Å²) in [5.74, 6) is 0.396. The van der Waals surface area contributed by atoms with Gasteiger partial charge in [-0.05, 0) is 105 Å². The van der Waals surface area contributed by atoms with Crippen LogP contribution in [0.1, 0.15) is 50.7 Å². The van der Waals surface area contributed by atoms with Gasteiger partial charge in [0.15, 0.2) is 0 Å². The number of aromatic nitrogens is 8. The number of anilines is 6. The first-order chi connectivity index (χ1) is 31.4. The van der Waals surface area contributed by atoms with Crippen LogP contribution in [0.3, 0.4) is 0 Å². The van der Waals surface area contributed by atoms with Crippen molar-refractivity contribution in [2.24, 2.45) is 0 Å². The van der Waals surface area contributed by atoms with Crippen molar-refractivity contribution < 1.29 is 0 Å². The highest BCUT2D eigenvalue weighted by molar-refractivity contribution is 6.30. The quantitative estimate of drug-likeness (QED) is 0.137. The summed E-state index contributed by atoms with van der Waals surface area (Å²) in [5, 5.41) is 10.9. The predicted octanol–water partition coefficient (Wildman–Crippen LogP) is 13.5. The van der Waals surface area contributed by atoms with Crippen LogP contribution in [0.15, 0.2) is 159 Å². The maximum absolute atomic E-state index is 4.71. The maximum atomic E-state index is 4.71. The molecule has 0 fully saturated rings. The molecule has 0 spiro atoms. The molecule has 12 rings (SSSR count). The molecule has 0 aliphatic heterocycles. The van der Waals surface area contributed by atoms with Gasteiger partial charge in [-0.3, -0.25) is 0 Å². The lowest BCUT2D eigenvalue weighted by Crippen LogP contribution is -2.14. The Kier molecular flexibility index (Phi) is 8.62. The second-order valence-corrected chi connectivity index (χ2v) is 17.0. The van der Waals surface area contributed by atoms with Crippen LogP contribution in [-0.2, 0) is 0 Å². The Labute approximate surface area is 368 Å². The third-order valence-electron chi connectivity index (χ3n) is 12.7. The third kappa shape index (κ3) is 5.72. The van der Waals surface area contributed by atoms with Crippen LogP contribution in [0.5, 0.6) is 0 Å². The molecule has 0 bridgehead atoms. The van der Waals surface area contributed by atoms with Gasteiger partial charge in [0, 0.05) is 57.1 Å². The van der Waals surface area contributed by atoms with Crippen molar-refractivity contribution in [2.45, 2.75) is 39.5 Å². The van der Waals surface area contributed by atoms with Gasteiger partial charge in [0.25, 0.3) is 0 Å². The first-order valence-electron chi connectivity index (χ1n) is 21.6. The van der Waals surface area contributed by atoms with E-state index in [-0.39, 0.29) is 11.8 Å². The highest BCUT2D eigenvalue weighted by Gasteiger charge is 2.28. The number of hydrogen-bond donors (Lipinski definition) is 0. The van der Waals surface area contributed by atoms with Gasteiger partial charge < -0.3 is 9.80 Å². The van der Waals surface area contributed by atoms with Crippen LogP contribution in [0.25, 0.3) is 75.9 Å². The topological polar surface area (TPSA) is 110 Å². The second kappa shape index (κ2) is 14.7. The van der Waals surface area contributed by atoms with E-state index in [1.165, 1.54) is 32.7 Å². The minimum atomic E-state index is 0.198. The summed E-state index contributed by atoms with van der Waals surface area (Å²) in [6.07, 6.45) is 14.1. The Bertz CT molecular complexity index is 3360. The van der Waals surface area contributed by atoms with Gasteiger partial charge in [0.05, 0.1) is 56.2 Å². The Hall–Kier alpha value is -8.24. The van der Waals surface area contributed by atoms with Gasteiger partial charge in [0.1, 0.15) is 25.3 Å². The minimum absolute atomic E-state index is 0.198. The Morgan fingerprint density at radius 1 is 0.328 bits per heavy atom. The maximum Gasteiger partial charge on any atom is 0.116 e. The summed E-state index contributed by atoms with van der Waals surface area (Å²) in [6.45, 7) is 9.15. The third-order valence-corrected chi connectivity index (χ3v) is 12.7. The lowest BCUT2D eigenvalue weighted by atomic mass is 9.84. The number of hydrogen-bond acceptors (Lipinski definition) is 10. The van der Waals surface area contributed by atoms with Crippen molar-refractivity contribution >= 4 is 110 Å². The van der Waals surface area contributed by atoms with E-state index in [4.69, 9.17) is 19.9 Å². The fourth-order valence-electron chi connectivity index (χ4n) is 9.85. The molecule has 0 amide bonds. The van der Waals surface area contributed by atoms with Crippen LogP contribution >= 0.6 is 0 Å². The van der Waals surface area contributed by atoms with Gasteiger partial charge in [-0.2, -0.15) is 0 Å². The van der Waals surface area contributed by atoms with E-state index in [1.54, 1.807) is 25.3 Å². The van der Waals surface area contributed by atoms with E-state index in [9.17, 15) is 0 Å². The van der Waals surface area contributed by atoms with Gasteiger partial charge in [-0.25, -0.2) is 39.9 Å². The highest BCUT2D eigenvalue weighted by atomic mass is 15.2. The molecule has 0 aliphatic carbocycles. The molecule has 8 aromatic carbocycles. The number of benzene rings is 8. The summed E-state index contributed by atoms with van der Waals surface area (Å²) in [5.41, 5.74) is 11.9. The second-order valence-electron chi connectivity index (χ2n) is 17.0. The number of rotatable bonds is 8. The van der Waals surface area contributed by atoms with Crippen molar-refractivity contribution in [1.82, 2.24) is 39.9 Å². The molecule has 306 valence electrons. The molecule has 64 heavy (non-hydrogen) atoms. The van der Waals surface area contributed by atoms with Crippen molar-refractivity contribution in [1.29, 1.82) is 0 Å². The molecule has 0 N–H and O–H groups in total. The summed E-state index contributed by atoms with van der Waals surface area (Å²) >= 11 is 0. The van der Waals surface area contributed by atoms with E-state index in [0.29, 0.717) is 0 Å². The van der Waals surface area contributed by atoms with Crippen LogP contribution in [-0.4, -0.2) is 39.9 Å². The van der Waals surface area contributed by atoms with Crippen molar-refractivity contribution in [3.05, 3.63) is 170 Å². The molecule has 4 aromatic heterocycles. The molecule has 10 heteroatoms. The molecule has 0 unspecified atom stereocenters. The largest absolute Gasteiger partial charge is 0.308 e. The van der Waals surface area contributed by atoms with E-state index >= 15 is 0 Å². The first-order valence-corrected chi connectivity index (χ1v) is 21.6. The Balaban J connectivity index is 1.24. The smallest absolute Gasteiger partial charge is 0.116 e. The fourth-order valence-corrected chi connectivity index (χ4v) is 9.85. The minimum Gasteiger partial charge on any atom is -0.308 e. The first kappa shape index (κ1) is 37.5. The van der Waals surface area contributed by atoms with Crippen LogP contribution in [0.2, 0.25) is 0 Å². The zero-order valence-corrected chi connectivity index (χ0v) is 35.6. The molecular formula is C54H40N10. The van der Waals surface area contributed by atoms with Gasteiger partial charge in [-0.15, -0.1) is 0 Å². The summed E-state index contributed by atoms with van der Waals surface area (Å²) < 4.78 is 0. The Morgan fingerprint density at radius 2 is 0.625 bits per heavy atom. The predicted molar refractivity (Wildman–Crippen MR) is 260 cm³/mol. The molecule has 0 saturated heterocycles. The fraction of sp³-hybridized carbons (Fsp3) is 0.111. The molecule has 0 radical (unpaired) electrons.